The first kappa shape index (κ1) is 8.44. The van der Waals surface area contributed by atoms with Crippen LogP contribution >= 0.6 is 0 Å². The average Bonchev–Trinajstić information content (AvgIpc) is 1.99. The van der Waals surface area contributed by atoms with Crippen LogP contribution < -0.4 is 11.5 Å². The van der Waals surface area contributed by atoms with E-state index >= 15 is 0 Å². The maximum atomic E-state index is 5.86. The molecule has 1 rings (SSSR count). The molecule has 1 atom stereocenters. The van der Waals surface area contributed by atoms with Gasteiger partial charge in [0.2, 0.25) is 0 Å². The molecule has 1 aliphatic carbocycles. The van der Waals surface area contributed by atoms with Gasteiger partial charge < -0.3 is 11.5 Å². The third kappa shape index (κ3) is 1.88. The van der Waals surface area contributed by atoms with Crippen LogP contribution in [0.4, 0.5) is 0 Å². The second-order valence-electron chi connectivity index (χ2n) is 3.36. The van der Waals surface area contributed by atoms with E-state index in [4.69, 9.17) is 11.5 Å². The summed E-state index contributed by atoms with van der Waals surface area (Å²) in [5, 5.41) is 0. The first-order valence-corrected chi connectivity index (χ1v) is 4.49. The van der Waals surface area contributed by atoms with Crippen molar-refractivity contribution < 1.29 is 0 Å². The molecule has 1 aliphatic rings. The minimum absolute atomic E-state index is 0.578. The van der Waals surface area contributed by atoms with Gasteiger partial charge in [-0.25, -0.2) is 0 Å². The predicted molar refractivity (Wildman–Crippen MR) is 47.6 cm³/mol. The molecule has 0 spiro atoms. The van der Waals surface area contributed by atoms with Crippen LogP contribution in [-0.4, -0.2) is 0 Å². The van der Waals surface area contributed by atoms with Crippen molar-refractivity contribution in [1.29, 1.82) is 0 Å². The molecule has 4 N–H and O–H groups in total. The monoisotopic (exact) mass is 154 g/mol. The molecule has 0 heterocycles. The van der Waals surface area contributed by atoms with Gasteiger partial charge >= 0.3 is 0 Å². The summed E-state index contributed by atoms with van der Waals surface area (Å²) in [5.74, 6) is 0.578. The Balaban J connectivity index is 2.58. The number of allylic oxidation sites excluding steroid dienone is 2. The maximum Gasteiger partial charge on any atom is 0.0302 e. The molecule has 0 aliphatic heterocycles. The fraction of sp³-hybridized carbons (Fsp3) is 0.778. The van der Waals surface area contributed by atoms with Crippen LogP contribution in [0.3, 0.4) is 0 Å². The Bertz CT molecular complexity index is 161. The highest BCUT2D eigenvalue weighted by atomic mass is 14.7. The zero-order chi connectivity index (χ0) is 8.27. The molecule has 0 saturated heterocycles. The van der Waals surface area contributed by atoms with Crippen molar-refractivity contribution >= 4 is 0 Å². The lowest BCUT2D eigenvalue weighted by molar-refractivity contribution is 0.455. The predicted octanol–water partition coefficient (Wildman–Crippen LogP) is 1.72. The van der Waals surface area contributed by atoms with Crippen molar-refractivity contribution in [3.8, 4) is 0 Å². The minimum atomic E-state index is 0.578. The normalized spacial score (nSPS) is 25.7. The number of rotatable bonds is 2. The van der Waals surface area contributed by atoms with Gasteiger partial charge in [-0.1, -0.05) is 13.3 Å². The van der Waals surface area contributed by atoms with Gasteiger partial charge in [0.05, 0.1) is 0 Å². The molecule has 0 radical (unpaired) electrons. The van der Waals surface area contributed by atoms with Crippen LogP contribution in [0.5, 0.6) is 0 Å². The summed E-state index contributed by atoms with van der Waals surface area (Å²) in [5.41, 5.74) is 13.5. The van der Waals surface area contributed by atoms with Gasteiger partial charge in [-0.15, -0.1) is 0 Å². The van der Waals surface area contributed by atoms with Crippen molar-refractivity contribution in [2.75, 3.05) is 0 Å². The number of hydrogen-bond acceptors (Lipinski definition) is 2. The molecule has 0 fully saturated rings. The summed E-state index contributed by atoms with van der Waals surface area (Å²) in [6, 6.07) is 0. The van der Waals surface area contributed by atoms with Crippen molar-refractivity contribution in [2.45, 2.75) is 39.0 Å². The quantitative estimate of drug-likeness (QED) is 0.636. The third-order valence-electron chi connectivity index (χ3n) is 2.45. The van der Waals surface area contributed by atoms with Crippen molar-refractivity contribution in [3.05, 3.63) is 11.4 Å². The van der Waals surface area contributed by atoms with Crippen LogP contribution in [0, 0.1) is 5.92 Å². The highest BCUT2D eigenvalue weighted by Gasteiger charge is 2.17. The maximum absolute atomic E-state index is 5.86. The van der Waals surface area contributed by atoms with Crippen LogP contribution in [0.1, 0.15) is 39.0 Å². The molecule has 0 aromatic carbocycles. The van der Waals surface area contributed by atoms with Crippen molar-refractivity contribution in [2.24, 2.45) is 17.4 Å². The summed E-state index contributed by atoms with van der Waals surface area (Å²) in [6.07, 6.45) is 5.87. The Morgan fingerprint density at radius 3 is 2.82 bits per heavy atom. The Hall–Kier alpha value is -0.660. The summed E-state index contributed by atoms with van der Waals surface area (Å²) < 4.78 is 0. The van der Waals surface area contributed by atoms with Crippen LogP contribution in [0.2, 0.25) is 0 Å². The lowest BCUT2D eigenvalue weighted by Gasteiger charge is -2.23. The van der Waals surface area contributed by atoms with E-state index in [0.29, 0.717) is 5.92 Å². The minimum Gasteiger partial charge on any atom is -0.401 e. The Morgan fingerprint density at radius 2 is 2.18 bits per heavy atom. The summed E-state index contributed by atoms with van der Waals surface area (Å²) >= 11 is 0. The van der Waals surface area contributed by atoms with Crippen LogP contribution in [-0.2, 0) is 0 Å². The molecule has 0 saturated carbocycles. The largest absolute Gasteiger partial charge is 0.401 e. The zero-order valence-corrected chi connectivity index (χ0v) is 7.27. The van der Waals surface area contributed by atoms with Gasteiger partial charge in [0, 0.05) is 17.3 Å². The lowest BCUT2D eigenvalue weighted by atomic mass is 9.87. The van der Waals surface area contributed by atoms with Crippen molar-refractivity contribution in [3.63, 3.8) is 0 Å². The molecule has 0 aromatic rings. The molecule has 64 valence electrons. The lowest BCUT2D eigenvalue weighted by Crippen LogP contribution is -2.22. The van der Waals surface area contributed by atoms with E-state index in [1.54, 1.807) is 0 Å². The highest BCUT2D eigenvalue weighted by Crippen LogP contribution is 2.27. The SMILES string of the molecule is CCCC1CCCC(N)=C1N. The van der Waals surface area contributed by atoms with Gasteiger partial charge in [0.25, 0.3) is 0 Å². The molecular weight excluding hydrogens is 136 g/mol. The third-order valence-corrected chi connectivity index (χ3v) is 2.45. The first-order chi connectivity index (χ1) is 5.25. The molecule has 0 aromatic heterocycles. The second kappa shape index (κ2) is 3.65. The number of nitrogens with two attached hydrogens (primary N) is 2. The molecule has 0 bridgehead atoms. The van der Waals surface area contributed by atoms with Gasteiger partial charge in [0.1, 0.15) is 0 Å². The molecule has 1 unspecified atom stereocenters. The van der Waals surface area contributed by atoms with Crippen LogP contribution in [0.15, 0.2) is 11.4 Å². The summed E-state index contributed by atoms with van der Waals surface area (Å²) in [6.45, 7) is 2.19. The van der Waals surface area contributed by atoms with Crippen molar-refractivity contribution in [1.82, 2.24) is 0 Å². The molecular formula is C9H18N2. The molecule has 11 heavy (non-hydrogen) atoms. The molecule has 2 nitrogen and oxygen atoms in total. The molecule has 2 heteroatoms. The van der Waals surface area contributed by atoms with E-state index in [2.05, 4.69) is 6.92 Å². The van der Waals surface area contributed by atoms with Gasteiger partial charge in [-0.3, -0.25) is 0 Å². The Labute approximate surface area is 68.6 Å². The van der Waals surface area contributed by atoms with Crippen LogP contribution in [0.25, 0.3) is 0 Å². The van der Waals surface area contributed by atoms with Gasteiger partial charge in [-0.2, -0.15) is 0 Å². The Kier molecular flexibility index (Phi) is 2.80. The smallest absolute Gasteiger partial charge is 0.0302 e. The standard InChI is InChI=1S/C9H18N2/c1-2-4-7-5-3-6-8(10)9(7)11/h7H,2-6,10-11H2,1H3. The second-order valence-corrected chi connectivity index (χ2v) is 3.36. The first-order valence-electron chi connectivity index (χ1n) is 4.49. The van der Waals surface area contributed by atoms with E-state index < -0.39 is 0 Å². The van der Waals surface area contributed by atoms with E-state index in [1.165, 1.54) is 25.7 Å². The molecule has 0 amide bonds. The van der Waals surface area contributed by atoms with E-state index in [9.17, 15) is 0 Å². The summed E-state index contributed by atoms with van der Waals surface area (Å²) in [4.78, 5) is 0. The van der Waals surface area contributed by atoms with Gasteiger partial charge in [-0.05, 0) is 25.7 Å². The fourth-order valence-corrected chi connectivity index (χ4v) is 1.75. The topological polar surface area (TPSA) is 52.0 Å². The van der Waals surface area contributed by atoms with E-state index in [1.807, 2.05) is 0 Å². The van der Waals surface area contributed by atoms with E-state index in [0.717, 1.165) is 17.8 Å². The summed E-state index contributed by atoms with van der Waals surface area (Å²) in [7, 11) is 0. The average molecular weight is 154 g/mol. The highest BCUT2D eigenvalue weighted by molar-refractivity contribution is 5.13. The Morgan fingerprint density at radius 1 is 1.45 bits per heavy atom. The number of hydrogen-bond donors (Lipinski definition) is 2. The van der Waals surface area contributed by atoms with E-state index in [-0.39, 0.29) is 0 Å². The van der Waals surface area contributed by atoms with Gasteiger partial charge in [0.15, 0.2) is 0 Å². The fourth-order valence-electron chi connectivity index (χ4n) is 1.75. The zero-order valence-electron chi connectivity index (χ0n) is 7.27.